The van der Waals surface area contributed by atoms with Crippen molar-refractivity contribution >= 4 is 34.1 Å². The summed E-state index contributed by atoms with van der Waals surface area (Å²) in [4.78, 5) is 5.09. The van der Waals surface area contributed by atoms with Crippen LogP contribution in [0.15, 0.2) is 400 Å². The topological polar surface area (TPSA) is 6.48 Å². The number of fused-ring (bicyclic) bond motifs is 25. The number of anilines is 6. The molecule has 0 aliphatic heterocycles. The van der Waals surface area contributed by atoms with Crippen LogP contribution in [-0.2, 0) is 27.1 Å². The second kappa shape index (κ2) is 28.3. The van der Waals surface area contributed by atoms with Gasteiger partial charge in [0.15, 0.2) is 0 Å². The van der Waals surface area contributed by atoms with E-state index in [0.29, 0.717) is 0 Å². The Kier molecular flexibility index (Phi) is 17.1. The van der Waals surface area contributed by atoms with Crippen LogP contribution in [0.3, 0.4) is 0 Å². The smallest absolute Gasteiger partial charge is 0.0726 e. The van der Waals surface area contributed by atoms with Crippen LogP contribution in [0.2, 0.25) is 0 Å². The van der Waals surface area contributed by atoms with Crippen molar-refractivity contribution in [2.24, 2.45) is 0 Å². The van der Waals surface area contributed by atoms with Crippen molar-refractivity contribution in [2.75, 3.05) is 9.80 Å². The van der Waals surface area contributed by atoms with Gasteiger partial charge < -0.3 is 9.80 Å². The Balaban J connectivity index is 0.000000144. The van der Waals surface area contributed by atoms with Gasteiger partial charge in [-0.15, -0.1) is 0 Å². The molecule has 0 unspecified atom stereocenters. The van der Waals surface area contributed by atoms with E-state index in [4.69, 9.17) is 0 Å². The van der Waals surface area contributed by atoms with Gasteiger partial charge in [0.25, 0.3) is 0 Å². The Morgan fingerprint density at radius 1 is 0.152 bits per heavy atom. The minimum Gasteiger partial charge on any atom is -0.310 e. The summed E-state index contributed by atoms with van der Waals surface area (Å²) in [6.07, 6.45) is 0. The zero-order chi connectivity index (χ0) is 84.6. The first-order valence-electron chi connectivity index (χ1n) is 44.4. The molecule has 2 spiro atoms. The van der Waals surface area contributed by atoms with Gasteiger partial charge in [-0.1, -0.05) is 357 Å². The quantitative estimate of drug-likeness (QED) is 0.135. The molecule has 2 nitrogen and oxygen atoms in total. The Morgan fingerprint density at radius 2 is 0.392 bits per heavy atom. The maximum absolute atomic E-state index is 2.55. The number of rotatable bonds is 10. The van der Waals surface area contributed by atoms with E-state index in [-0.39, 0.29) is 16.2 Å². The van der Waals surface area contributed by atoms with Crippen LogP contribution in [0, 0.1) is 27.7 Å². The molecular formula is C123H96N2. The van der Waals surface area contributed by atoms with Gasteiger partial charge in [-0.2, -0.15) is 0 Å². The van der Waals surface area contributed by atoms with Crippen molar-refractivity contribution in [1.82, 2.24) is 0 Å². The summed E-state index contributed by atoms with van der Waals surface area (Å²) in [5, 5.41) is 0. The van der Waals surface area contributed by atoms with E-state index in [9.17, 15) is 0 Å². The fourth-order valence-electron chi connectivity index (χ4n) is 23.4. The lowest BCUT2D eigenvalue weighted by molar-refractivity contribution is 0.563. The molecule has 24 rings (SSSR count). The third-order valence-electron chi connectivity index (χ3n) is 29.3. The zero-order valence-electron chi connectivity index (χ0n) is 72.5. The number of hydrogen-bond acceptors (Lipinski definition) is 2. The summed E-state index contributed by atoms with van der Waals surface area (Å²) < 4.78 is 0. The largest absolute Gasteiger partial charge is 0.310 e. The molecule has 6 aliphatic rings. The lowest BCUT2D eigenvalue weighted by Crippen LogP contribution is -2.40. The third-order valence-corrected chi connectivity index (χ3v) is 29.3. The molecule has 598 valence electrons. The molecule has 0 saturated heterocycles. The summed E-state index contributed by atoms with van der Waals surface area (Å²) >= 11 is 0. The molecular weight excluding hydrogens is 1510 g/mol. The first kappa shape index (κ1) is 75.5. The molecule has 125 heavy (non-hydrogen) atoms. The molecule has 18 aromatic rings. The van der Waals surface area contributed by atoms with Gasteiger partial charge in [-0.3, -0.25) is 0 Å². The predicted octanol–water partition coefficient (Wildman–Crippen LogP) is 32.2. The van der Waals surface area contributed by atoms with Gasteiger partial charge in [-0.25, -0.2) is 0 Å². The highest BCUT2D eigenvalue weighted by Crippen LogP contribution is 2.66. The summed E-state index contributed by atoms with van der Waals surface area (Å²) in [5.41, 5.74) is 52.8. The molecule has 0 N–H and O–H groups in total. The fourth-order valence-corrected chi connectivity index (χ4v) is 23.4. The van der Waals surface area contributed by atoms with E-state index in [2.05, 4.69) is 479 Å². The van der Waals surface area contributed by atoms with Crippen molar-refractivity contribution < 1.29 is 0 Å². The van der Waals surface area contributed by atoms with Crippen molar-refractivity contribution in [2.45, 2.75) is 96.3 Å². The number of nitrogens with zero attached hydrogens (tertiary/aromatic N) is 2. The first-order valence-corrected chi connectivity index (χ1v) is 44.4. The van der Waals surface area contributed by atoms with Gasteiger partial charge in [0, 0.05) is 50.4 Å². The molecule has 6 aliphatic carbocycles. The van der Waals surface area contributed by atoms with E-state index in [0.717, 1.165) is 22.7 Å². The highest BCUT2D eigenvalue weighted by molar-refractivity contribution is 5.99. The van der Waals surface area contributed by atoms with Gasteiger partial charge >= 0.3 is 0 Å². The SMILES string of the molecule is Cc1cc(N(c2ccc3c(c2)C(C)(C)c2ccccc2-3)c2ccc3c(c2)C2(c4ccccc4-3)c3ccccc3C(C)(C)c3ccccc32)c(C)cc1-c1cccc(-c2ccccc2)c1.Cc1cc(N(c2ccc3c(c2)C(C)(C)c2ccccc2-3)c2ccc3c(c2)C2(c4ccccc4-c4ccccc42)c2ccccc2-3)c(C)cc1-c1cccc(-c2ccccc2)c1. The summed E-state index contributed by atoms with van der Waals surface area (Å²) in [7, 11) is 0. The standard InChI is InChI=1S/C63H51N.C60H45N/c1-40-36-60(41(2)35-51(40)44-22-18-21-43(37-44)42-19-8-7-9-20-42)64(45-31-33-49-47-23-10-12-25-52(47)61(3,4)58(49)38-45)46-32-34-50-48-24-11-13-26-53(48)63(59(50)39-46)56-29-16-14-27-54(56)62(5,6)55-28-15-17-30-57(55)63;1-38-34-58(39(2)33-51(38)42-20-16-19-41(35-42)40-17-6-5-7-18-40)61(43-29-31-49-45-21-8-12-25-52(45)59(3,4)56(49)36-43)44-30-32-50-48-24-11-15-28-55(48)60(57(50)37-44)53-26-13-9-22-46(53)47-23-10-14-27-54(47)60/h7-39H,1-6H3;5-37H,1-4H3. The average molecular weight is 1600 g/mol. The average Bonchev–Trinajstić information content (AvgIpc) is 1.53. The van der Waals surface area contributed by atoms with Crippen molar-refractivity contribution in [1.29, 1.82) is 0 Å². The van der Waals surface area contributed by atoms with Crippen LogP contribution >= 0.6 is 0 Å². The van der Waals surface area contributed by atoms with E-state index >= 15 is 0 Å². The maximum Gasteiger partial charge on any atom is 0.0726 e. The molecule has 0 atom stereocenters. The Bertz CT molecular complexity index is 7400. The van der Waals surface area contributed by atoms with E-state index < -0.39 is 10.8 Å². The van der Waals surface area contributed by atoms with Crippen LogP contribution < -0.4 is 9.80 Å². The van der Waals surface area contributed by atoms with Crippen LogP contribution in [0.1, 0.15) is 142 Å². The molecule has 0 heterocycles. The van der Waals surface area contributed by atoms with Crippen LogP contribution in [0.25, 0.3) is 100 Å². The van der Waals surface area contributed by atoms with E-state index in [1.807, 2.05) is 0 Å². The first-order chi connectivity index (χ1) is 60.9. The molecule has 0 amide bonds. The van der Waals surface area contributed by atoms with Crippen LogP contribution in [0.5, 0.6) is 0 Å². The Hall–Kier alpha value is -14.4. The lowest BCUT2D eigenvalue weighted by atomic mass is 9.55. The molecule has 0 bridgehead atoms. The summed E-state index contributed by atoms with van der Waals surface area (Å²) in [6.45, 7) is 23.5. The minimum atomic E-state index is -0.490. The van der Waals surface area contributed by atoms with Gasteiger partial charge in [-0.05, 0) is 313 Å². The van der Waals surface area contributed by atoms with Crippen LogP contribution in [-0.4, -0.2) is 0 Å². The Morgan fingerprint density at radius 3 is 0.736 bits per heavy atom. The molecule has 0 saturated carbocycles. The van der Waals surface area contributed by atoms with Gasteiger partial charge in [0.1, 0.15) is 0 Å². The number of hydrogen-bond donors (Lipinski definition) is 0. The second-order valence-corrected chi connectivity index (χ2v) is 37.1. The molecule has 2 heteroatoms. The predicted molar refractivity (Wildman–Crippen MR) is 524 cm³/mol. The van der Waals surface area contributed by atoms with Gasteiger partial charge in [0.2, 0.25) is 0 Å². The monoisotopic (exact) mass is 1600 g/mol. The number of aryl methyl sites for hydroxylation is 4. The lowest BCUT2D eigenvalue weighted by Gasteiger charge is -2.46. The normalized spacial score (nSPS) is 14.6. The Labute approximate surface area is 735 Å². The summed E-state index contributed by atoms with van der Waals surface area (Å²) in [6, 6.07) is 151. The zero-order valence-corrected chi connectivity index (χ0v) is 72.5. The highest BCUT2D eigenvalue weighted by atomic mass is 15.2. The summed E-state index contributed by atoms with van der Waals surface area (Å²) in [5.74, 6) is 0. The molecule has 0 fully saturated rings. The molecule has 0 radical (unpaired) electrons. The van der Waals surface area contributed by atoms with Crippen molar-refractivity contribution in [3.63, 3.8) is 0 Å². The minimum absolute atomic E-state index is 0.132. The maximum atomic E-state index is 2.55. The van der Waals surface area contributed by atoms with Crippen LogP contribution in [0.4, 0.5) is 34.1 Å². The molecule has 18 aromatic carbocycles. The van der Waals surface area contributed by atoms with Crippen molar-refractivity contribution in [3.8, 4) is 100 Å². The van der Waals surface area contributed by atoms with E-state index in [1.165, 1.54) is 212 Å². The van der Waals surface area contributed by atoms with Gasteiger partial charge in [0.05, 0.1) is 10.8 Å². The third kappa shape index (κ3) is 11.1. The van der Waals surface area contributed by atoms with Crippen molar-refractivity contribution in [3.05, 3.63) is 501 Å². The van der Waals surface area contributed by atoms with E-state index in [1.54, 1.807) is 0 Å². The number of benzene rings is 18. The highest BCUT2D eigenvalue weighted by Gasteiger charge is 2.55. The molecule has 0 aromatic heterocycles. The second-order valence-electron chi connectivity index (χ2n) is 37.1. The fraction of sp³-hybridized carbons (Fsp3) is 0.122.